The minimum absolute atomic E-state index is 0.254. The average molecular weight is 308 g/mol. The molecule has 0 fully saturated rings. The van der Waals surface area contributed by atoms with Gasteiger partial charge in [-0.15, -0.1) is 0 Å². The van der Waals surface area contributed by atoms with Crippen LogP contribution in [0.4, 0.5) is 0 Å². The average Bonchev–Trinajstić information content (AvgIpc) is 2.44. The maximum atomic E-state index is 11.2. The molecule has 1 aromatic rings. The highest BCUT2D eigenvalue weighted by molar-refractivity contribution is 5.75. The third kappa shape index (κ3) is 8.26. The van der Waals surface area contributed by atoms with Crippen LogP contribution in [0.25, 0.3) is 0 Å². The van der Waals surface area contributed by atoms with Gasteiger partial charge in [0.25, 0.3) is 0 Å². The second-order valence-corrected chi connectivity index (χ2v) is 5.32. The third-order valence-electron chi connectivity index (χ3n) is 2.75. The largest absolute Gasteiger partial charge is 0.494 e. The number of ether oxygens (including phenoxy) is 1. The van der Waals surface area contributed by atoms with Crippen LogP contribution < -0.4 is 10.2 Å². The van der Waals surface area contributed by atoms with Crippen LogP contribution in [0, 0.1) is 0 Å². The van der Waals surface area contributed by atoms with Gasteiger partial charge < -0.3 is 14.5 Å². The highest BCUT2D eigenvalue weighted by Crippen LogP contribution is 2.14. The first-order chi connectivity index (χ1) is 10.5. The molecule has 0 unspecified atom stereocenters. The summed E-state index contributed by atoms with van der Waals surface area (Å²) < 4.78 is 5.67. The van der Waals surface area contributed by atoms with Crippen molar-refractivity contribution in [3.63, 3.8) is 0 Å². The Morgan fingerprint density at radius 2 is 2.00 bits per heavy atom. The predicted molar refractivity (Wildman–Crippen MR) is 83.1 cm³/mol. The van der Waals surface area contributed by atoms with Gasteiger partial charge in [-0.25, -0.2) is 4.79 Å². The van der Waals surface area contributed by atoms with Gasteiger partial charge in [-0.05, 0) is 44.6 Å². The molecule has 0 spiro atoms. The maximum Gasteiger partial charge on any atom is 0.332 e. The monoisotopic (exact) mass is 308 g/mol. The summed E-state index contributed by atoms with van der Waals surface area (Å²) in [4.78, 5) is 28.4. The van der Waals surface area contributed by atoms with E-state index in [4.69, 9.17) is 4.74 Å². The Kier molecular flexibility index (Phi) is 7.99. The molecule has 22 heavy (non-hydrogen) atoms. The molecule has 0 aliphatic rings. The summed E-state index contributed by atoms with van der Waals surface area (Å²) >= 11 is 0. The molecule has 6 nitrogen and oxygen atoms in total. The third-order valence-corrected chi connectivity index (χ3v) is 2.75. The van der Waals surface area contributed by atoms with Gasteiger partial charge in [0.1, 0.15) is 5.75 Å². The van der Waals surface area contributed by atoms with Gasteiger partial charge >= 0.3 is 5.97 Å². The molecule has 0 aliphatic carbocycles. The number of amides is 1. The van der Waals surface area contributed by atoms with Crippen molar-refractivity contribution in [2.24, 2.45) is 0 Å². The molecule has 0 bridgehead atoms. The summed E-state index contributed by atoms with van der Waals surface area (Å²) in [6, 6.07) is 7.97. The van der Waals surface area contributed by atoms with Crippen molar-refractivity contribution in [3.05, 3.63) is 29.8 Å². The number of rotatable bonds is 8. The van der Waals surface area contributed by atoms with E-state index in [9.17, 15) is 9.59 Å². The van der Waals surface area contributed by atoms with Gasteiger partial charge in [-0.3, -0.25) is 4.79 Å². The normalized spacial score (nSPS) is 10.4. The van der Waals surface area contributed by atoms with E-state index < -0.39 is 11.9 Å². The standard InChI is InChI=1S/C16H24N2O4/c1-13(19)17-22-16(20)9-4-5-10-21-15-8-6-7-14(11-15)12-18(2)3/h6-8,11H,4-5,9-10,12H2,1-3H3,(H,17,19). The van der Waals surface area contributed by atoms with Crippen molar-refractivity contribution < 1.29 is 19.2 Å². The van der Waals surface area contributed by atoms with Crippen LogP contribution in [0.15, 0.2) is 24.3 Å². The van der Waals surface area contributed by atoms with Gasteiger partial charge in [-0.2, -0.15) is 5.48 Å². The van der Waals surface area contributed by atoms with Crippen molar-refractivity contribution in [1.29, 1.82) is 0 Å². The molecule has 0 saturated carbocycles. The number of hydrogen-bond acceptors (Lipinski definition) is 5. The van der Waals surface area contributed by atoms with E-state index >= 15 is 0 Å². The van der Waals surface area contributed by atoms with Crippen LogP contribution in [0.3, 0.4) is 0 Å². The summed E-state index contributed by atoms with van der Waals surface area (Å²) in [5.41, 5.74) is 3.21. The fourth-order valence-corrected chi connectivity index (χ4v) is 1.84. The first-order valence-corrected chi connectivity index (χ1v) is 7.30. The molecule has 0 aromatic heterocycles. The zero-order valence-electron chi connectivity index (χ0n) is 13.4. The lowest BCUT2D eigenvalue weighted by molar-refractivity contribution is -0.157. The molecule has 1 rings (SSSR count). The molecule has 1 aromatic carbocycles. The van der Waals surface area contributed by atoms with Crippen molar-refractivity contribution in [2.75, 3.05) is 20.7 Å². The summed E-state index contributed by atoms with van der Waals surface area (Å²) in [6.07, 6.45) is 1.65. The molecule has 1 N–H and O–H groups in total. The SMILES string of the molecule is CC(=O)NOC(=O)CCCCOc1cccc(CN(C)C)c1. The maximum absolute atomic E-state index is 11.2. The van der Waals surface area contributed by atoms with Crippen LogP contribution in [0.5, 0.6) is 5.75 Å². The van der Waals surface area contributed by atoms with Gasteiger partial charge in [-0.1, -0.05) is 12.1 Å². The molecule has 6 heteroatoms. The van der Waals surface area contributed by atoms with Crippen LogP contribution in [0.2, 0.25) is 0 Å². The van der Waals surface area contributed by atoms with E-state index in [1.807, 2.05) is 37.8 Å². The van der Waals surface area contributed by atoms with E-state index in [-0.39, 0.29) is 6.42 Å². The fraction of sp³-hybridized carbons (Fsp3) is 0.500. The van der Waals surface area contributed by atoms with Crippen molar-refractivity contribution in [2.45, 2.75) is 32.7 Å². The van der Waals surface area contributed by atoms with Crippen LogP contribution in [-0.2, 0) is 21.0 Å². The number of benzene rings is 1. The fourth-order valence-electron chi connectivity index (χ4n) is 1.84. The summed E-state index contributed by atoms with van der Waals surface area (Å²) in [6.45, 7) is 2.69. The van der Waals surface area contributed by atoms with Gasteiger partial charge in [0, 0.05) is 19.9 Å². The number of unbranched alkanes of at least 4 members (excludes halogenated alkanes) is 1. The van der Waals surface area contributed by atoms with E-state index in [0.29, 0.717) is 13.0 Å². The molecule has 0 aliphatic heterocycles. The Hall–Kier alpha value is -2.08. The highest BCUT2D eigenvalue weighted by Gasteiger charge is 2.04. The first kappa shape index (κ1) is 18.0. The predicted octanol–water partition coefficient (Wildman–Crippen LogP) is 1.89. The smallest absolute Gasteiger partial charge is 0.332 e. The second-order valence-electron chi connectivity index (χ2n) is 5.32. The number of hydroxylamine groups is 1. The number of nitrogens with one attached hydrogen (secondary N) is 1. The van der Waals surface area contributed by atoms with Crippen molar-refractivity contribution >= 4 is 11.9 Å². The number of nitrogens with zero attached hydrogens (tertiary/aromatic N) is 1. The lowest BCUT2D eigenvalue weighted by Gasteiger charge is -2.11. The Labute approximate surface area is 131 Å². The zero-order chi connectivity index (χ0) is 16.4. The Morgan fingerprint density at radius 1 is 1.23 bits per heavy atom. The topological polar surface area (TPSA) is 67.9 Å². The quantitative estimate of drug-likeness (QED) is 0.587. The molecule has 1 amide bonds. The van der Waals surface area contributed by atoms with Gasteiger partial charge in [0.15, 0.2) is 0 Å². The minimum Gasteiger partial charge on any atom is -0.494 e. The minimum atomic E-state index is -0.441. The highest BCUT2D eigenvalue weighted by atomic mass is 16.7. The van der Waals surface area contributed by atoms with E-state index in [1.54, 1.807) is 0 Å². The number of carbonyl (C=O) groups is 2. The van der Waals surface area contributed by atoms with Gasteiger partial charge in [0.05, 0.1) is 6.61 Å². The Balaban J connectivity index is 2.19. The summed E-state index contributed by atoms with van der Waals surface area (Å²) in [5, 5.41) is 0. The summed E-state index contributed by atoms with van der Waals surface area (Å²) in [5.74, 6) is -0.00218. The second kappa shape index (κ2) is 9.78. The van der Waals surface area contributed by atoms with Crippen LogP contribution in [-0.4, -0.2) is 37.5 Å². The van der Waals surface area contributed by atoms with Crippen LogP contribution in [0.1, 0.15) is 31.7 Å². The molecule has 0 atom stereocenters. The van der Waals surface area contributed by atoms with Crippen molar-refractivity contribution in [1.82, 2.24) is 10.4 Å². The number of hydrogen-bond donors (Lipinski definition) is 1. The lowest BCUT2D eigenvalue weighted by atomic mass is 10.2. The molecular formula is C16H24N2O4. The zero-order valence-corrected chi connectivity index (χ0v) is 13.4. The lowest BCUT2D eigenvalue weighted by Crippen LogP contribution is -2.24. The van der Waals surface area contributed by atoms with E-state index in [2.05, 4.69) is 15.8 Å². The van der Waals surface area contributed by atoms with Gasteiger partial charge in [0.2, 0.25) is 5.91 Å². The molecular weight excluding hydrogens is 284 g/mol. The Bertz CT molecular complexity index is 489. The number of carbonyl (C=O) groups excluding carboxylic acids is 2. The van der Waals surface area contributed by atoms with E-state index in [1.165, 1.54) is 12.5 Å². The first-order valence-electron chi connectivity index (χ1n) is 7.30. The van der Waals surface area contributed by atoms with E-state index in [0.717, 1.165) is 18.7 Å². The molecule has 0 heterocycles. The molecule has 122 valence electrons. The summed E-state index contributed by atoms with van der Waals surface area (Å²) in [7, 11) is 4.04. The Morgan fingerprint density at radius 3 is 2.68 bits per heavy atom. The molecule has 0 saturated heterocycles. The molecule has 0 radical (unpaired) electrons. The van der Waals surface area contributed by atoms with Crippen LogP contribution >= 0.6 is 0 Å². The van der Waals surface area contributed by atoms with Crippen molar-refractivity contribution in [3.8, 4) is 5.75 Å².